The van der Waals surface area contributed by atoms with Crippen LogP contribution in [0.15, 0.2) is 59.5 Å². The van der Waals surface area contributed by atoms with E-state index in [0.29, 0.717) is 18.7 Å². The first kappa shape index (κ1) is 43.8. The van der Waals surface area contributed by atoms with Gasteiger partial charge in [-0.05, 0) is 63.3 Å². The van der Waals surface area contributed by atoms with Gasteiger partial charge in [0.25, 0.3) is 0 Å². The second kappa shape index (κ2) is 29.8. The summed E-state index contributed by atoms with van der Waals surface area (Å²) in [7, 11) is -1.93. The zero-order chi connectivity index (χ0) is 32.8. The number of aryl methyl sites for hydroxylation is 1. The largest absolute Gasteiger partial charge is 0.465 e. The highest BCUT2D eigenvalue weighted by Crippen LogP contribution is 2.18. The van der Waals surface area contributed by atoms with Crippen molar-refractivity contribution < 1.29 is 27.8 Å². The average Bonchev–Trinajstić information content (AvgIpc) is 3.58. The van der Waals surface area contributed by atoms with Crippen molar-refractivity contribution in [2.75, 3.05) is 52.3 Å². The van der Waals surface area contributed by atoms with Crippen molar-refractivity contribution in [3.8, 4) is 0 Å². The number of nitrogen functional groups attached to an aromatic ring is 1. The monoisotopic (exact) mass is 613 g/mol. The van der Waals surface area contributed by atoms with E-state index in [2.05, 4.69) is 29.1 Å². The molecule has 0 saturated carbocycles. The number of hydrogen-bond acceptors (Lipinski definition) is 6. The van der Waals surface area contributed by atoms with Gasteiger partial charge in [0.15, 0.2) is 0 Å². The van der Waals surface area contributed by atoms with Crippen LogP contribution in [0.25, 0.3) is 0 Å². The van der Waals surface area contributed by atoms with Gasteiger partial charge in [-0.3, -0.25) is 0 Å². The SMILES string of the molecule is C1CCOC1.CC.CC.CC(C)CN(CCCNC(=O)O)S(=O)(=O)c1ccc(N)cc1.CCOC.Cc1ccccc1. The van der Waals surface area contributed by atoms with E-state index < -0.39 is 16.1 Å². The third-order valence-corrected chi connectivity index (χ3v) is 6.88. The maximum Gasteiger partial charge on any atom is 0.404 e. The summed E-state index contributed by atoms with van der Waals surface area (Å²) in [5, 5.41) is 10.8. The minimum Gasteiger partial charge on any atom is -0.465 e. The number of rotatable bonds is 9. The maximum atomic E-state index is 12.7. The van der Waals surface area contributed by atoms with Gasteiger partial charge in [-0.2, -0.15) is 4.31 Å². The Hall–Kier alpha value is -2.66. The third-order valence-electron chi connectivity index (χ3n) is 5.00. The number of nitrogens with one attached hydrogen (secondary N) is 1. The molecule has 2 aromatic carbocycles. The van der Waals surface area contributed by atoms with E-state index >= 15 is 0 Å². The van der Waals surface area contributed by atoms with Crippen LogP contribution >= 0.6 is 0 Å². The minimum absolute atomic E-state index is 0.163. The number of hydrogen-bond donors (Lipinski definition) is 3. The quantitative estimate of drug-likeness (QED) is 0.204. The van der Waals surface area contributed by atoms with Crippen LogP contribution in [0.5, 0.6) is 0 Å². The molecule has 2 aromatic rings. The lowest BCUT2D eigenvalue weighted by Gasteiger charge is -2.24. The first-order valence-corrected chi connectivity index (χ1v) is 16.4. The molecule has 1 saturated heterocycles. The second-order valence-electron chi connectivity index (χ2n) is 8.96. The molecule has 1 aliphatic rings. The molecule has 0 radical (unpaired) electrons. The number of nitrogens with two attached hydrogens (primary N) is 1. The highest BCUT2D eigenvalue weighted by molar-refractivity contribution is 7.89. The van der Waals surface area contributed by atoms with E-state index in [1.807, 2.05) is 66.7 Å². The van der Waals surface area contributed by atoms with Gasteiger partial charge >= 0.3 is 6.09 Å². The number of methoxy groups -OCH3 is 1. The van der Waals surface area contributed by atoms with Crippen molar-refractivity contribution in [2.24, 2.45) is 5.92 Å². The first-order chi connectivity index (χ1) is 20.0. The normalized spacial score (nSPS) is 11.5. The molecule has 0 aromatic heterocycles. The van der Waals surface area contributed by atoms with E-state index in [9.17, 15) is 13.2 Å². The fourth-order valence-electron chi connectivity index (χ4n) is 3.00. The predicted octanol–water partition coefficient (Wildman–Crippen LogP) is 7.07. The number of nitrogens with zero attached hydrogens (tertiary/aromatic N) is 1. The van der Waals surface area contributed by atoms with Crippen molar-refractivity contribution in [2.45, 2.75) is 79.5 Å². The molecule has 0 unspecified atom stereocenters. The molecule has 3 rings (SSSR count). The van der Waals surface area contributed by atoms with Crippen molar-refractivity contribution >= 4 is 21.8 Å². The number of amides is 1. The lowest BCUT2D eigenvalue weighted by Crippen LogP contribution is -2.36. The Balaban J connectivity index is -0.000000610. The molecular formula is C32H59N3O6S. The topological polar surface area (TPSA) is 131 Å². The average molecular weight is 614 g/mol. The number of sulfonamides is 1. The van der Waals surface area contributed by atoms with Gasteiger partial charge in [0, 0.05) is 52.3 Å². The molecule has 1 amide bonds. The minimum atomic E-state index is -3.61. The fourth-order valence-corrected chi connectivity index (χ4v) is 4.64. The molecule has 1 aliphatic heterocycles. The lowest BCUT2D eigenvalue weighted by atomic mass is 10.2. The van der Waals surface area contributed by atoms with E-state index in [0.717, 1.165) is 19.8 Å². The Kier molecular flexibility index (Phi) is 31.1. The number of anilines is 1. The summed E-state index contributed by atoms with van der Waals surface area (Å²) in [5.74, 6) is 0.163. The van der Waals surface area contributed by atoms with Crippen LogP contribution < -0.4 is 11.1 Å². The molecule has 4 N–H and O–H groups in total. The zero-order valence-corrected chi connectivity index (χ0v) is 28.4. The van der Waals surface area contributed by atoms with Gasteiger partial charge in [-0.1, -0.05) is 77.4 Å². The molecule has 244 valence electrons. The van der Waals surface area contributed by atoms with Gasteiger partial charge in [0.2, 0.25) is 10.0 Å². The van der Waals surface area contributed by atoms with Crippen LogP contribution in [0, 0.1) is 12.8 Å². The predicted molar refractivity (Wildman–Crippen MR) is 177 cm³/mol. The van der Waals surface area contributed by atoms with Gasteiger partial charge in [0.1, 0.15) is 0 Å². The van der Waals surface area contributed by atoms with E-state index in [4.69, 9.17) is 15.6 Å². The van der Waals surface area contributed by atoms with Gasteiger partial charge in [-0.25, -0.2) is 13.2 Å². The molecule has 10 heteroatoms. The second-order valence-corrected chi connectivity index (χ2v) is 10.9. The summed E-state index contributed by atoms with van der Waals surface area (Å²) in [6.45, 7) is 19.6. The fraction of sp³-hybridized carbons (Fsp3) is 0.594. The molecule has 0 atom stereocenters. The standard InChI is InChI=1S/C14H23N3O4S.C7H8.C4H8O.C3H8O.2C2H6/c1-11(2)10-17(9-3-8-16-14(18)19)22(20,21)13-6-4-12(15)5-7-13;1-7-5-3-2-4-6-7;1-2-4-5-3-1;1-3-4-2;2*1-2/h4-7,11,16H,3,8-10,15H2,1-2H3,(H,18,19);2-6H,1H3;1-4H2;3H2,1-2H3;2*1-2H3. The van der Waals surface area contributed by atoms with Gasteiger partial charge in [-0.15, -0.1) is 0 Å². The Labute approximate surface area is 256 Å². The Morgan fingerprint density at radius 1 is 1.02 bits per heavy atom. The van der Waals surface area contributed by atoms with Crippen LogP contribution in [0.3, 0.4) is 0 Å². The smallest absolute Gasteiger partial charge is 0.404 e. The highest BCUT2D eigenvalue weighted by atomic mass is 32.2. The van der Waals surface area contributed by atoms with Gasteiger partial charge < -0.3 is 25.6 Å². The summed E-state index contributed by atoms with van der Waals surface area (Å²) >= 11 is 0. The van der Waals surface area contributed by atoms with Crippen LogP contribution in [-0.2, 0) is 19.5 Å². The molecule has 1 heterocycles. The van der Waals surface area contributed by atoms with E-state index in [1.165, 1.54) is 34.8 Å². The Morgan fingerprint density at radius 3 is 1.86 bits per heavy atom. The summed E-state index contributed by atoms with van der Waals surface area (Å²) < 4.78 is 36.2. The third kappa shape index (κ3) is 25.1. The molecular weight excluding hydrogens is 554 g/mol. The maximum absolute atomic E-state index is 12.7. The van der Waals surface area contributed by atoms with Crippen molar-refractivity contribution in [1.82, 2.24) is 9.62 Å². The number of carboxylic acid groups (broad SMARTS) is 1. The van der Waals surface area contributed by atoms with Gasteiger partial charge in [0.05, 0.1) is 4.90 Å². The molecule has 9 nitrogen and oxygen atoms in total. The number of benzene rings is 2. The molecule has 0 aliphatic carbocycles. The summed E-state index contributed by atoms with van der Waals surface area (Å²) in [4.78, 5) is 10.6. The lowest BCUT2D eigenvalue weighted by molar-refractivity contribution is 0.194. The Bertz CT molecular complexity index is 942. The zero-order valence-electron chi connectivity index (χ0n) is 27.6. The molecule has 42 heavy (non-hydrogen) atoms. The van der Waals surface area contributed by atoms with Crippen molar-refractivity contribution in [1.29, 1.82) is 0 Å². The molecule has 0 bridgehead atoms. The van der Waals surface area contributed by atoms with Crippen LogP contribution in [0.1, 0.15) is 73.3 Å². The molecule has 0 spiro atoms. The summed E-state index contributed by atoms with van der Waals surface area (Å²) in [6.07, 6.45) is 1.85. The number of ether oxygens (including phenoxy) is 2. The Morgan fingerprint density at radius 2 is 1.52 bits per heavy atom. The number of carbonyl (C=O) groups is 1. The van der Waals surface area contributed by atoms with Crippen LogP contribution in [0.4, 0.5) is 10.5 Å². The van der Waals surface area contributed by atoms with E-state index in [1.54, 1.807) is 19.2 Å². The first-order valence-electron chi connectivity index (χ1n) is 14.9. The molecule has 1 fully saturated rings. The van der Waals surface area contributed by atoms with Crippen molar-refractivity contribution in [3.63, 3.8) is 0 Å². The van der Waals surface area contributed by atoms with E-state index in [-0.39, 0.29) is 23.9 Å². The van der Waals surface area contributed by atoms with Crippen molar-refractivity contribution in [3.05, 3.63) is 60.2 Å². The highest BCUT2D eigenvalue weighted by Gasteiger charge is 2.24. The summed E-state index contributed by atoms with van der Waals surface area (Å²) in [5.41, 5.74) is 7.40. The van der Waals surface area contributed by atoms with Crippen LogP contribution in [0.2, 0.25) is 0 Å². The van der Waals surface area contributed by atoms with Crippen LogP contribution in [-0.4, -0.2) is 70.5 Å². The summed E-state index contributed by atoms with van der Waals surface area (Å²) in [6, 6.07) is 16.3.